The molecule has 0 aliphatic carbocycles. The molecule has 0 unspecified atom stereocenters. The van der Waals surface area contributed by atoms with Crippen molar-refractivity contribution in [2.24, 2.45) is 0 Å². The fraction of sp³-hybridized carbons (Fsp3) is 0.273. The number of amides is 2. The molecule has 0 saturated heterocycles. The second kappa shape index (κ2) is 7.27. The maximum atomic E-state index is 13.2. The number of carbonyl (C=O) groups excluding carboxylic acids is 2. The molecule has 138 valence electrons. The van der Waals surface area contributed by atoms with Crippen LogP contribution in [0, 0.1) is 0 Å². The number of rotatable bonds is 4. The van der Waals surface area contributed by atoms with E-state index in [9.17, 15) is 9.59 Å². The highest BCUT2D eigenvalue weighted by Gasteiger charge is 2.28. The monoisotopic (exact) mass is 361 g/mol. The molecule has 0 spiro atoms. The van der Waals surface area contributed by atoms with Gasteiger partial charge in [0.2, 0.25) is 11.8 Å². The van der Waals surface area contributed by atoms with E-state index in [4.69, 9.17) is 0 Å². The summed E-state index contributed by atoms with van der Waals surface area (Å²) in [5, 5.41) is 3.95. The Balaban J connectivity index is 1.57. The van der Waals surface area contributed by atoms with Crippen molar-refractivity contribution in [3.63, 3.8) is 0 Å². The molecule has 0 radical (unpaired) electrons. The number of para-hydroxylation sites is 1. The van der Waals surface area contributed by atoms with Crippen LogP contribution in [-0.4, -0.2) is 34.3 Å². The van der Waals surface area contributed by atoms with Gasteiger partial charge in [-0.25, -0.2) is 0 Å². The third kappa shape index (κ3) is 3.58. The van der Waals surface area contributed by atoms with Crippen LogP contribution in [0.2, 0.25) is 0 Å². The van der Waals surface area contributed by atoms with E-state index in [0.717, 1.165) is 22.9 Å². The summed E-state index contributed by atoms with van der Waals surface area (Å²) in [6, 6.07) is 15.7. The minimum Gasteiger partial charge on any atom is -0.361 e. The Morgan fingerprint density at radius 2 is 1.85 bits per heavy atom. The van der Waals surface area contributed by atoms with Gasteiger partial charge < -0.3 is 15.2 Å². The highest BCUT2D eigenvalue weighted by atomic mass is 16.2. The molecule has 2 N–H and O–H groups in total. The molecule has 1 aliphatic rings. The third-order valence-corrected chi connectivity index (χ3v) is 5.22. The first kappa shape index (κ1) is 17.3. The van der Waals surface area contributed by atoms with Crippen LogP contribution in [0.1, 0.15) is 23.6 Å². The van der Waals surface area contributed by atoms with Crippen molar-refractivity contribution in [3.8, 4) is 0 Å². The highest BCUT2D eigenvalue weighted by Crippen LogP contribution is 2.22. The second-order valence-corrected chi connectivity index (χ2v) is 7.10. The minimum absolute atomic E-state index is 0.0232. The van der Waals surface area contributed by atoms with Crippen LogP contribution in [0.4, 0.5) is 0 Å². The third-order valence-electron chi connectivity index (χ3n) is 5.22. The summed E-state index contributed by atoms with van der Waals surface area (Å²) in [5.41, 5.74) is 4.56. The van der Waals surface area contributed by atoms with Crippen LogP contribution in [0.3, 0.4) is 0 Å². The molecule has 0 bridgehead atoms. The van der Waals surface area contributed by atoms with E-state index >= 15 is 0 Å². The predicted octanol–water partition coefficient (Wildman–Crippen LogP) is 2.80. The van der Waals surface area contributed by atoms with Gasteiger partial charge in [-0.05, 0) is 29.2 Å². The lowest BCUT2D eigenvalue weighted by atomic mass is 9.98. The fourth-order valence-corrected chi connectivity index (χ4v) is 3.87. The highest BCUT2D eigenvalue weighted by molar-refractivity contribution is 5.89. The van der Waals surface area contributed by atoms with Gasteiger partial charge in [-0.15, -0.1) is 0 Å². The summed E-state index contributed by atoms with van der Waals surface area (Å²) in [4.78, 5) is 30.0. The number of carbonyl (C=O) groups is 2. The number of aromatic nitrogens is 1. The van der Waals surface area contributed by atoms with Gasteiger partial charge in [-0.3, -0.25) is 9.59 Å². The lowest BCUT2D eigenvalue weighted by Crippen LogP contribution is -2.50. The molecule has 27 heavy (non-hydrogen) atoms. The Labute approximate surface area is 158 Å². The summed E-state index contributed by atoms with van der Waals surface area (Å²) >= 11 is 0. The maximum absolute atomic E-state index is 13.2. The SMILES string of the molecule is CC(=O)N[C@H](Cc1c[nH]c2ccccc12)C(=O)N1CCc2ccccc2C1. The topological polar surface area (TPSA) is 65.2 Å². The average molecular weight is 361 g/mol. The number of nitrogens with one attached hydrogen (secondary N) is 2. The minimum atomic E-state index is -0.563. The van der Waals surface area contributed by atoms with E-state index < -0.39 is 6.04 Å². The van der Waals surface area contributed by atoms with Gasteiger partial charge in [0.15, 0.2) is 0 Å². The molecule has 0 fully saturated rings. The number of hydrogen-bond acceptors (Lipinski definition) is 2. The molecule has 2 aromatic carbocycles. The van der Waals surface area contributed by atoms with Gasteiger partial charge in [-0.2, -0.15) is 0 Å². The van der Waals surface area contributed by atoms with Crippen LogP contribution in [0.25, 0.3) is 10.9 Å². The first-order valence-electron chi connectivity index (χ1n) is 9.29. The molecule has 1 aromatic heterocycles. The zero-order valence-electron chi connectivity index (χ0n) is 15.4. The summed E-state index contributed by atoms with van der Waals surface area (Å²) in [5.74, 6) is -0.212. The van der Waals surface area contributed by atoms with Crippen molar-refractivity contribution in [2.45, 2.75) is 32.4 Å². The first-order chi connectivity index (χ1) is 13.1. The maximum Gasteiger partial charge on any atom is 0.245 e. The molecular weight excluding hydrogens is 338 g/mol. The van der Waals surface area contributed by atoms with Crippen LogP contribution < -0.4 is 5.32 Å². The number of hydrogen-bond donors (Lipinski definition) is 2. The van der Waals surface area contributed by atoms with Crippen molar-refractivity contribution < 1.29 is 9.59 Å². The van der Waals surface area contributed by atoms with Crippen molar-refractivity contribution >= 4 is 22.7 Å². The smallest absolute Gasteiger partial charge is 0.245 e. The number of fused-ring (bicyclic) bond motifs is 2. The van der Waals surface area contributed by atoms with E-state index in [0.29, 0.717) is 19.5 Å². The molecule has 5 nitrogen and oxygen atoms in total. The Morgan fingerprint density at radius 3 is 2.67 bits per heavy atom. The standard InChI is InChI=1S/C22H23N3O2/c1-15(26)24-21(12-18-13-23-20-9-5-4-8-19(18)20)22(27)25-11-10-16-6-2-3-7-17(16)14-25/h2-9,13,21,23H,10-12,14H2,1H3,(H,24,26)/t21-/m1/s1. The number of benzene rings is 2. The molecule has 1 atom stereocenters. The van der Waals surface area contributed by atoms with E-state index in [2.05, 4.69) is 22.4 Å². The van der Waals surface area contributed by atoms with Crippen molar-refractivity contribution in [2.75, 3.05) is 6.54 Å². The van der Waals surface area contributed by atoms with Crippen LogP contribution >= 0.6 is 0 Å². The fourth-order valence-electron chi connectivity index (χ4n) is 3.87. The Kier molecular flexibility index (Phi) is 4.67. The van der Waals surface area contributed by atoms with Gasteiger partial charge in [0, 0.05) is 43.5 Å². The summed E-state index contributed by atoms with van der Waals surface area (Å²) < 4.78 is 0. The van der Waals surface area contributed by atoms with Gasteiger partial charge in [0.05, 0.1) is 0 Å². The summed E-state index contributed by atoms with van der Waals surface area (Å²) in [6.45, 7) is 2.74. The Bertz CT molecular complexity index is 992. The quantitative estimate of drug-likeness (QED) is 0.750. The van der Waals surface area contributed by atoms with Gasteiger partial charge in [0.1, 0.15) is 6.04 Å². The van der Waals surface area contributed by atoms with Crippen molar-refractivity contribution in [1.82, 2.24) is 15.2 Å². The lowest BCUT2D eigenvalue weighted by Gasteiger charge is -2.32. The molecule has 3 aromatic rings. The lowest BCUT2D eigenvalue weighted by molar-refractivity contribution is -0.136. The van der Waals surface area contributed by atoms with E-state index in [-0.39, 0.29) is 11.8 Å². The largest absolute Gasteiger partial charge is 0.361 e. The average Bonchev–Trinajstić information content (AvgIpc) is 3.09. The number of H-pyrrole nitrogens is 1. The molecular formula is C22H23N3O2. The van der Waals surface area contributed by atoms with Gasteiger partial charge in [-0.1, -0.05) is 42.5 Å². The van der Waals surface area contributed by atoms with Crippen molar-refractivity contribution in [1.29, 1.82) is 0 Å². The Morgan fingerprint density at radius 1 is 1.11 bits per heavy atom. The molecule has 5 heteroatoms. The zero-order valence-corrected chi connectivity index (χ0v) is 15.4. The Hall–Kier alpha value is -3.08. The summed E-state index contributed by atoms with van der Waals surface area (Å²) in [6.07, 6.45) is 3.25. The second-order valence-electron chi connectivity index (χ2n) is 7.10. The predicted molar refractivity (Wildman–Crippen MR) is 105 cm³/mol. The summed E-state index contributed by atoms with van der Waals surface area (Å²) in [7, 11) is 0. The van der Waals surface area contributed by atoms with E-state index in [1.165, 1.54) is 18.1 Å². The number of aromatic amines is 1. The number of nitrogens with zero attached hydrogens (tertiary/aromatic N) is 1. The molecule has 4 rings (SSSR count). The zero-order chi connectivity index (χ0) is 18.8. The van der Waals surface area contributed by atoms with Crippen molar-refractivity contribution in [3.05, 3.63) is 71.4 Å². The molecule has 1 aliphatic heterocycles. The van der Waals surface area contributed by atoms with E-state index in [1.54, 1.807) is 0 Å². The normalized spacial score (nSPS) is 14.6. The van der Waals surface area contributed by atoms with Crippen LogP contribution in [0.5, 0.6) is 0 Å². The molecule has 0 saturated carbocycles. The molecule has 2 heterocycles. The first-order valence-corrected chi connectivity index (χ1v) is 9.29. The van der Waals surface area contributed by atoms with Gasteiger partial charge in [0.25, 0.3) is 0 Å². The van der Waals surface area contributed by atoms with Crippen LogP contribution in [0.15, 0.2) is 54.7 Å². The van der Waals surface area contributed by atoms with Crippen LogP contribution in [-0.2, 0) is 29.0 Å². The van der Waals surface area contributed by atoms with Gasteiger partial charge >= 0.3 is 0 Å². The molecule has 2 amide bonds. The van der Waals surface area contributed by atoms with E-state index in [1.807, 2.05) is 47.5 Å².